The second-order valence-corrected chi connectivity index (χ2v) is 13.8. The van der Waals surface area contributed by atoms with Crippen molar-refractivity contribution in [2.75, 3.05) is 17.4 Å². The summed E-state index contributed by atoms with van der Waals surface area (Å²) in [6.07, 6.45) is 1.99. The van der Waals surface area contributed by atoms with Gasteiger partial charge < -0.3 is 10.2 Å². The predicted octanol–water partition coefficient (Wildman–Crippen LogP) is 6.82. The van der Waals surface area contributed by atoms with E-state index >= 15 is 0 Å². The van der Waals surface area contributed by atoms with Crippen LogP contribution in [0.5, 0.6) is 0 Å². The Hall–Kier alpha value is -3.95. The van der Waals surface area contributed by atoms with Crippen molar-refractivity contribution in [3.8, 4) is 0 Å². The fourth-order valence-corrected chi connectivity index (χ4v) is 7.07. The Balaban J connectivity index is 1.81. The first-order valence-corrected chi connectivity index (χ1v) is 17.3. The van der Waals surface area contributed by atoms with Gasteiger partial charge >= 0.3 is 0 Å². The average Bonchev–Trinajstić information content (AvgIpc) is 3.04. The molecule has 1 N–H and O–H groups in total. The lowest BCUT2D eigenvalue weighted by Gasteiger charge is -2.34. The lowest BCUT2D eigenvalue weighted by Crippen LogP contribution is -2.53. The monoisotopic (exact) mass is 689 g/mol. The SMILES string of the molecule is CCCCNC(=O)C(Cc1ccccc1)N(Cc1cccc(Br)c1)C(=O)CN(c1cccc(C)c1C)S(=O)(=O)c1ccccc1. The summed E-state index contributed by atoms with van der Waals surface area (Å²) in [4.78, 5) is 30.0. The molecule has 2 amide bonds. The van der Waals surface area contributed by atoms with Crippen LogP contribution in [-0.4, -0.2) is 44.3 Å². The molecule has 0 aromatic heterocycles. The van der Waals surface area contributed by atoms with Crippen LogP contribution < -0.4 is 9.62 Å². The molecule has 0 aliphatic carbocycles. The minimum absolute atomic E-state index is 0.0791. The van der Waals surface area contributed by atoms with E-state index < -0.39 is 28.5 Å². The van der Waals surface area contributed by atoms with Gasteiger partial charge in [0.1, 0.15) is 12.6 Å². The van der Waals surface area contributed by atoms with Crippen molar-refractivity contribution in [3.05, 3.63) is 130 Å². The van der Waals surface area contributed by atoms with Gasteiger partial charge in [0.05, 0.1) is 10.6 Å². The molecule has 0 aliphatic rings. The molecular weight excluding hydrogens is 650 g/mol. The lowest BCUT2D eigenvalue weighted by atomic mass is 10.0. The fraction of sp³-hybridized carbons (Fsp3) is 0.278. The molecule has 7 nitrogen and oxygen atoms in total. The van der Waals surface area contributed by atoms with Crippen molar-refractivity contribution < 1.29 is 18.0 Å². The quantitative estimate of drug-likeness (QED) is 0.147. The second-order valence-electron chi connectivity index (χ2n) is 11.0. The maximum Gasteiger partial charge on any atom is 0.264 e. The number of unbranched alkanes of at least 4 members (excludes halogenated alkanes) is 1. The normalized spacial score (nSPS) is 11.9. The molecule has 0 radical (unpaired) electrons. The summed E-state index contributed by atoms with van der Waals surface area (Å²) in [6, 6.07) is 29.8. The summed E-state index contributed by atoms with van der Waals surface area (Å²) < 4.78 is 30.4. The van der Waals surface area contributed by atoms with Gasteiger partial charge in [0.2, 0.25) is 11.8 Å². The van der Waals surface area contributed by atoms with Crippen molar-refractivity contribution >= 4 is 43.5 Å². The van der Waals surface area contributed by atoms with Crippen molar-refractivity contribution in [2.45, 2.75) is 57.5 Å². The highest BCUT2D eigenvalue weighted by molar-refractivity contribution is 9.10. The van der Waals surface area contributed by atoms with Gasteiger partial charge in [0.25, 0.3) is 10.0 Å². The maximum absolute atomic E-state index is 14.6. The minimum atomic E-state index is -4.15. The number of carbonyl (C=O) groups is 2. The number of nitrogens with zero attached hydrogens (tertiary/aromatic N) is 2. The highest BCUT2D eigenvalue weighted by Gasteiger charge is 2.35. The highest BCUT2D eigenvalue weighted by Crippen LogP contribution is 2.29. The summed E-state index contributed by atoms with van der Waals surface area (Å²) >= 11 is 3.52. The molecule has 9 heteroatoms. The van der Waals surface area contributed by atoms with E-state index in [-0.39, 0.29) is 23.8 Å². The summed E-state index contributed by atoms with van der Waals surface area (Å²) in [5.74, 6) is -0.762. The largest absolute Gasteiger partial charge is 0.354 e. The molecule has 0 saturated carbocycles. The minimum Gasteiger partial charge on any atom is -0.354 e. The number of hydrogen-bond donors (Lipinski definition) is 1. The molecule has 0 heterocycles. The van der Waals surface area contributed by atoms with Gasteiger partial charge in [-0.25, -0.2) is 8.42 Å². The van der Waals surface area contributed by atoms with Crippen LogP contribution in [0, 0.1) is 13.8 Å². The van der Waals surface area contributed by atoms with E-state index in [1.807, 2.05) is 81.4 Å². The Morgan fingerprint density at radius 2 is 1.49 bits per heavy atom. The van der Waals surface area contributed by atoms with Gasteiger partial charge in [-0.2, -0.15) is 0 Å². The van der Waals surface area contributed by atoms with Crippen LogP contribution >= 0.6 is 15.9 Å². The zero-order chi connectivity index (χ0) is 32.4. The summed E-state index contributed by atoms with van der Waals surface area (Å²) in [5, 5.41) is 3.02. The number of hydrogen-bond acceptors (Lipinski definition) is 4. The molecule has 0 saturated heterocycles. The number of nitrogens with one attached hydrogen (secondary N) is 1. The van der Waals surface area contributed by atoms with Crippen molar-refractivity contribution in [2.24, 2.45) is 0 Å². The lowest BCUT2D eigenvalue weighted by molar-refractivity contribution is -0.140. The van der Waals surface area contributed by atoms with E-state index in [4.69, 9.17) is 0 Å². The van der Waals surface area contributed by atoms with E-state index in [1.165, 1.54) is 21.3 Å². The number of carbonyl (C=O) groups excluding carboxylic acids is 2. The number of rotatable bonds is 14. The number of halogens is 1. The first kappa shape index (κ1) is 33.9. The van der Waals surface area contributed by atoms with Crippen LogP contribution in [0.4, 0.5) is 5.69 Å². The Morgan fingerprint density at radius 1 is 0.844 bits per heavy atom. The van der Waals surface area contributed by atoms with E-state index in [0.717, 1.165) is 39.6 Å². The summed E-state index contributed by atoms with van der Waals surface area (Å²) in [5.41, 5.74) is 3.77. The molecule has 0 bridgehead atoms. The van der Waals surface area contributed by atoms with Gasteiger partial charge in [0, 0.05) is 24.0 Å². The zero-order valence-corrected chi connectivity index (χ0v) is 28.4. The van der Waals surface area contributed by atoms with Crippen LogP contribution in [-0.2, 0) is 32.6 Å². The van der Waals surface area contributed by atoms with Crippen LogP contribution in [0.3, 0.4) is 0 Å². The summed E-state index contributed by atoms with van der Waals surface area (Å²) in [7, 11) is -4.15. The molecule has 45 heavy (non-hydrogen) atoms. The van der Waals surface area contributed by atoms with E-state index in [2.05, 4.69) is 21.2 Å². The molecular formula is C36H40BrN3O4S. The third-order valence-corrected chi connectivity index (χ3v) is 10.1. The standard InChI is InChI=1S/C36H40BrN3O4S/c1-4-5-22-38-36(42)34(24-29-15-8-6-9-16-29)39(25-30-17-13-18-31(37)23-30)35(41)26-40(33-21-12-14-27(2)28(33)3)45(43,44)32-19-10-7-11-20-32/h6-21,23,34H,4-5,22,24-26H2,1-3H3,(H,38,42). The molecule has 1 unspecified atom stereocenters. The van der Waals surface area contributed by atoms with Crippen molar-refractivity contribution in [1.29, 1.82) is 0 Å². The van der Waals surface area contributed by atoms with E-state index in [0.29, 0.717) is 12.2 Å². The van der Waals surface area contributed by atoms with Gasteiger partial charge in [-0.15, -0.1) is 0 Å². The third-order valence-electron chi connectivity index (χ3n) is 7.80. The Morgan fingerprint density at radius 3 is 2.16 bits per heavy atom. The molecule has 0 spiro atoms. The number of benzene rings is 4. The van der Waals surface area contributed by atoms with Crippen LogP contribution in [0.15, 0.2) is 112 Å². The van der Waals surface area contributed by atoms with E-state index in [1.54, 1.807) is 30.3 Å². The average molecular weight is 691 g/mol. The summed E-state index contributed by atoms with van der Waals surface area (Å²) in [6.45, 7) is 5.92. The fourth-order valence-electron chi connectivity index (χ4n) is 5.13. The van der Waals surface area contributed by atoms with Gasteiger partial charge in [-0.3, -0.25) is 13.9 Å². The molecule has 4 rings (SSSR count). The van der Waals surface area contributed by atoms with Crippen molar-refractivity contribution in [3.63, 3.8) is 0 Å². The molecule has 0 aliphatic heterocycles. The third kappa shape index (κ3) is 8.83. The van der Waals surface area contributed by atoms with Crippen LogP contribution in [0.25, 0.3) is 0 Å². The first-order chi connectivity index (χ1) is 21.6. The highest BCUT2D eigenvalue weighted by atomic mass is 79.9. The smallest absolute Gasteiger partial charge is 0.264 e. The molecule has 4 aromatic carbocycles. The zero-order valence-electron chi connectivity index (χ0n) is 25.9. The first-order valence-electron chi connectivity index (χ1n) is 15.1. The molecule has 236 valence electrons. The second kappa shape index (κ2) is 15.9. The van der Waals surface area contributed by atoms with E-state index in [9.17, 15) is 18.0 Å². The molecule has 1 atom stereocenters. The van der Waals surface area contributed by atoms with Gasteiger partial charge in [-0.1, -0.05) is 102 Å². The molecule has 4 aromatic rings. The topological polar surface area (TPSA) is 86.8 Å². The maximum atomic E-state index is 14.6. The van der Waals surface area contributed by atoms with Crippen molar-refractivity contribution in [1.82, 2.24) is 10.2 Å². The predicted molar refractivity (Wildman–Crippen MR) is 183 cm³/mol. The number of aryl methyl sites for hydroxylation is 1. The Labute approximate surface area is 275 Å². The van der Waals surface area contributed by atoms with Gasteiger partial charge in [-0.05, 0) is 72.9 Å². The molecule has 0 fully saturated rings. The Kier molecular flexibility index (Phi) is 12.0. The van der Waals surface area contributed by atoms with Crippen LogP contribution in [0.1, 0.15) is 42.0 Å². The number of sulfonamides is 1. The number of amides is 2. The number of anilines is 1. The van der Waals surface area contributed by atoms with Crippen LogP contribution in [0.2, 0.25) is 0 Å². The Bertz CT molecular complexity index is 1700. The van der Waals surface area contributed by atoms with Gasteiger partial charge in [0.15, 0.2) is 0 Å².